The number of carbonyl (C=O) groups excluding carboxylic acids is 1. The zero-order chi connectivity index (χ0) is 18.7. The molecule has 0 saturated heterocycles. The zero-order valence-corrected chi connectivity index (χ0v) is 14.8. The molecule has 1 amide bonds. The molecule has 0 saturated carbocycles. The average molecular weight is 353 g/mol. The first-order valence-corrected chi connectivity index (χ1v) is 8.03. The number of aromatic nitrogens is 4. The Balaban J connectivity index is 1.78. The minimum Gasteiger partial charge on any atom is -0.453 e. The minimum atomic E-state index is -0.457. The first-order chi connectivity index (χ1) is 12.5. The molecule has 134 valence electrons. The maximum absolute atomic E-state index is 12.7. The number of hydrogen-bond donors (Lipinski definition) is 1. The summed E-state index contributed by atoms with van der Waals surface area (Å²) in [7, 11) is 1.76. The number of para-hydroxylation sites is 1. The van der Waals surface area contributed by atoms with Gasteiger partial charge in [0.1, 0.15) is 5.69 Å². The van der Waals surface area contributed by atoms with Gasteiger partial charge < -0.3 is 10.1 Å². The monoisotopic (exact) mass is 353 g/mol. The molecule has 0 aliphatic carbocycles. The highest BCUT2D eigenvalue weighted by Gasteiger charge is 2.18. The van der Waals surface area contributed by atoms with E-state index in [1.165, 1.54) is 4.68 Å². The molecular formula is C18H19N5O3. The highest BCUT2D eigenvalue weighted by molar-refractivity contribution is 5.92. The van der Waals surface area contributed by atoms with E-state index in [-0.39, 0.29) is 23.9 Å². The van der Waals surface area contributed by atoms with Crippen LogP contribution in [-0.4, -0.2) is 31.8 Å². The predicted molar refractivity (Wildman–Crippen MR) is 96.6 cm³/mol. The molecule has 2 heterocycles. The van der Waals surface area contributed by atoms with Crippen LogP contribution < -0.4 is 15.6 Å². The van der Waals surface area contributed by atoms with Crippen LogP contribution in [0.5, 0.6) is 6.01 Å². The van der Waals surface area contributed by atoms with E-state index >= 15 is 0 Å². The second-order valence-corrected chi connectivity index (χ2v) is 5.75. The van der Waals surface area contributed by atoms with Crippen molar-refractivity contribution in [3.8, 4) is 11.7 Å². The van der Waals surface area contributed by atoms with Gasteiger partial charge in [0.05, 0.1) is 11.4 Å². The van der Waals surface area contributed by atoms with E-state index in [2.05, 4.69) is 15.3 Å². The number of hydrogen-bond acceptors (Lipinski definition) is 5. The largest absolute Gasteiger partial charge is 0.453 e. The summed E-state index contributed by atoms with van der Waals surface area (Å²) < 4.78 is 8.46. The van der Waals surface area contributed by atoms with Crippen LogP contribution in [0.15, 0.2) is 47.4 Å². The van der Waals surface area contributed by atoms with Gasteiger partial charge in [-0.2, -0.15) is 0 Å². The number of aryl methyl sites for hydroxylation is 1. The molecule has 0 atom stereocenters. The van der Waals surface area contributed by atoms with E-state index in [9.17, 15) is 9.59 Å². The van der Waals surface area contributed by atoms with Crippen molar-refractivity contribution < 1.29 is 9.53 Å². The van der Waals surface area contributed by atoms with Crippen LogP contribution in [0.1, 0.15) is 11.4 Å². The molecule has 3 rings (SSSR count). The summed E-state index contributed by atoms with van der Waals surface area (Å²) >= 11 is 0. The van der Waals surface area contributed by atoms with Crippen molar-refractivity contribution in [3.63, 3.8) is 0 Å². The van der Waals surface area contributed by atoms with E-state index < -0.39 is 5.91 Å². The molecule has 0 bridgehead atoms. The number of nitrogens with one attached hydrogen (secondary N) is 1. The van der Waals surface area contributed by atoms with Crippen LogP contribution in [0, 0.1) is 13.8 Å². The average Bonchev–Trinajstić information content (AvgIpc) is 2.84. The van der Waals surface area contributed by atoms with E-state index in [0.717, 1.165) is 5.69 Å². The van der Waals surface area contributed by atoms with E-state index in [0.29, 0.717) is 11.4 Å². The molecule has 2 aromatic heterocycles. The Morgan fingerprint density at radius 2 is 1.92 bits per heavy atom. The van der Waals surface area contributed by atoms with Crippen molar-refractivity contribution in [2.24, 2.45) is 7.05 Å². The minimum absolute atomic E-state index is 0.117. The van der Waals surface area contributed by atoms with Gasteiger partial charge in [0, 0.05) is 18.9 Å². The number of ether oxygens (including phenoxy) is 1. The summed E-state index contributed by atoms with van der Waals surface area (Å²) in [6.07, 6.45) is 1.55. The van der Waals surface area contributed by atoms with Gasteiger partial charge in [-0.05, 0) is 32.0 Å². The van der Waals surface area contributed by atoms with Crippen LogP contribution in [0.25, 0.3) is 5.69 Å². The summed E-state index contributed by atoms with van der Waals surface area (Å²) in [5.74, 6) is -0.457. The lowest BCUT2D eigenvalue weighted by Gasteiger charge is -2.07. The second kappa shape index (κ2) is 7.22. The van der Waals surface area contributed by atoms with Crippen molar-refractivity contribution in [2.45, 2.75) is 13.8 Å². The standard InChI is InChI=1S/C18H19N5O3/c1-12-9-10-19-18(20-12)26-11-15(24)21-16-13(2)22(3)23(17(16)25)14-7-5-4-6-8-14/h4-10H,11H2,1-3H3,(H,21,24). The second-order valence-electron chi connectivity index (χ2n) is 5.75. The molecule has 0 aliphatic heterocycles. The summed E-state index contributed by atoms with van der Waals surface area (Å²) in [6, 6.07) is 11.1. The van der Waals surface area contributed by atoms with E-state index in [1.807, 2.05) is 30.3 Å². The molecule has 0 unspecified atom stereocenters. The van der Waals surface area contributed by atoms with Crippen LogP contribution in [0.3, 0.4) is 0 Å². The van der Waals surface area contributed by atoms with Crippen molar-refractivity contribution in [1.29, 1.82) is 0 Å². The molecule has 1 N–H and O–H groups in total. The van der Waals surface area contributed by atoms with Gasteiger partial charge in [0.2, 0.25) is 0 Å². The highest BCUT2D eigenvalue weighted by atomic mass is 16.5. The summed E-state index contributed by atoms with van der Waals surface area (Å²) in [5.41, 5.74) is 2.00. The fourth-order valence-electron chi connectivity index (χ4n) is 2.51. The van der Waals surface area contributed by atoms with Gasteiger partial charge in [-0.3, -0.25) is 14.3 Å². The Morgan fingerprint density at radius 3 is 2.62 bits per heavy atom. The van der Waals surface area contributed by atoms with Crippen LogP contribution in [-0.2, 0) is 11.8 Å². The van der Waals surface area contributed by atoms with Gasteiger partial charge >= 0.3 is 6.01 Å². The molecule has 0 aliphatic rings. The molecule has 0 radical (unpaired) electrons. The smallest absolute Gasteiger partial charge is 0.317 e. The van der Waals surface area contributed by atoms with Crippen LogP contribution in [0.4, 0.5) is 5.69 Å². The summed E-state index contributed by atoms with van der Waals surface area (Å²) in [5, 5.41) is 2.62. The molecule has 8 nitrogen and oxygen atoms in total. The van der Waals surface area contributed by atoms with Gasteiger partial charge in [-0.15, -0.1) is 0 Å². The number of rotatable bonds is 5. The van der Waals surface area contributed by atoms with Gasteiger partial charge in [0.25, 0.3) is 11.5 Å². The fourth-order valence-corrected chi connectivity index (χ4v) is 2.51. The lowest BCUT2D eigenvalue weighted by molar-refractivity contribution is -0.118. The van der Waals surface area contributed by atoms with Crippen molar-refractivity contribution in [1.82, 2.24) is 19.3 Å². The number of anilines is 1. The third-order valence-electron chi connectivity index (χ3n) is 3.92. The van der Waals surface area contributed by atoms with Gasteiger partial charge in [-0.25, -0.2) is 14.6 Å². The van der Waals surface area contributed by atoms with Crippen molar-refractivity contribution in [2.75, 3.05) is 11.9 Å². The Kier molecular flexibility index (Phi) is 4.83. The Morgan fingerprint density at radius 1 is 1.19 bits per heavy atom. The molecule has 8 heteroatoms. The SMILES string of the molecule is Cc1ccnc(OCC(=O)Nc2c(C)n(C)n(-c3ccccc3)c2=O)n1. The maximum Gasteiger partial charge on any atom is 0.317 e. The maximum atomic E-state index is 12.7. The number of amides is 1. The summed E-state index contributed by atoms with van der Waals surface area (Å²) in [4.78, 5) is 32.9. The van der Waals surface area contributed by atoms with Crippen LogP contribution in [0.2, 0.25) is 0 Å². The normalized spacial score (nSPS) is 10.6. The molecule has 0 fully saturated rings. The Hall–Kier alpha value is -3.42. The van der Waals surface area contributed by atoms with E-state index in [1.54, 1.807) is 37.8 Å². The number of carbonyl (C=O) groups is 1. The Bertz CT molecular complexity index is 992. The number of nitrogens with zero attached hydrogens (tertiary/aromatic N) is 4. The molecule has 26 heavy (non-hydrogen) atoms. The van der Waals surface area contributed by atoms with E-state index in [4.69, 9.17) is 4.74 Å². The zero-order valence-electron chi connectivity index (χ0n) is 14.8. The summed E-state index contributed by atoms with van der Waals surface area (Å²) in [6.45, 7) is 3.28. The molecule has 3 aromatic rings. The van der Waals surface area contributed by atoms with Crippen molar-refractivity contribution >= 4 is 11.6 Å². The van der Waals surface area contributed by atoms with Crippen LogP contribution >= 0.6 is 0 Å². The first kappa shape index (κ1) is 17.4. The number of benzene rings is 1. The quantitative estimate of drug-likeness (QED) is 0.752. The topological polar surface area (TPSA) is 91.0 Å². The third kappa shape index (κ3) is 3.49. The van der Waals surface area contributed by atoms with Gasteiger partial charge in [-0.1, -0.05) is 18.2 Å². The molecule has 0 spiro atoms. The first-order valence-electron chi connectivity index (χ1n) is 8.03. The fraction of sp³-hybridized carbons (Fsp3) is 0.222. The highest BCUT2D eigenvalue weighted by Crippen LogP contribution is 2.14. The molecular weight excluding hydrogens is 334 g/mol. The Labute approximate surface area is 150 Å². The van der Waals surface area contributed by atoms with Gasteiger partial charge in [0.15, 0.2) is 6.61 Å². The molecule has 1 aromatic carbocycles. The third-order valence-corrected chi connectivity index (χ3v) is 3.92. The van der Waals surface area contributed by atoms with Crippen molar-refractivity contribution in [3.05, 3.63) is 64.3 Å². The lowest BCUT2D eigenvalue weighted by Crippen LogP contribution is -2.26. The lowest BCUT2D eigenvalue weighted by atomic mass is 10.3. The predicted octanol–water partition coefficient (Wildman–Crippen LogP) is 1.60.